The van der Waals surface area contributed by atoms with E-state index in [-0.39, 0.29) is 6.61 Å². The van der Waals surface area contributed by atoms with Gasteiger partial charge in [-0.25, -0.2) is 9.18 Å². The molecule has 0 saturated heterocycles. The number of aryl methyl sites for hydroxylation is 1. The van der Waals surface area contributed by atoms with Gasteiger partial charge in [-0.15, -0.1) is 0 Å². The number of aromatic nitrogens is 3. The van der Waals surface area contributed by atoms with Gasteiger partial charge in [0.1, 0.15) is 5.82 Å². The Morgan fingerprint density at radius 2 is 2.12 bits per heavy atom. The topological polar surface area (TPSA) is 84.1 Å². The van der Waals surface area contributed by atoms with Gasteiger partial charge in [0.25, 0.3) is 0 Å². The zero-order valence-corrected chi connectivity index (χ0v) is 13.6. The largest absolute Gasteiger partial charge is 0.394 e. The monoisotopic (exact) mass is 343 g/mol. The van der Waals surface area contributed by atoms with E-state index in [9.17, 15) is 14.3 Å². The van der Waals surface area contributed by atoms with Crippen LogP contribution in [-0.4, -0.2) is 32.1 Å². The lowest BCUT2D eigenvalue weighted by Gasteiger charge is -2.16. The van der Waals surface area contributed by atoms with E-state index in [0.29, 0.717) is 16.9 Å². The number of benzene rings is 1. The maximum absolute atomic E-state index is 14.0. The van der Waals surface area contributed by atoms with Crippen LogP contribution in [0.1, 0.15) is 11.6 Å². The van der Waals surface area contributed by atoms with Gasteiger partial charge in [-0.3, -0.25) is 4.68 Å². The Balaban J connectivity index is 1.71. The number of halogens is 1. The molecule has 3 rings (SSSR count). The first-order valence-corrected chi connectivity index (χ1v) is 7.66. The van der Waals surface area contributed by atoms with Crippen molar-refractivity contribution in [3.63, 3.8) is 0 Å². The second-order valence-electron chi connectivity index (χ2n) is 5.54. The second-order valence-corrected chi connectivity index (χ2v) is 5.54. The Hall–Kier alpha value is -3.13. The quantitative estimate of drug-likeness (QED) is 0.664. The first-order valence-electron chi connectivity index (χ1n) is 7.66. The maximum Gasteiger partial charge on any atom is 0.319 e. The van der Waals surface area contributed by atoms with Crippen LogP contribution < -0.4 is 10.6 Å². The van der Waals surface area contributed by atoms with E-state index < -0.39 is 17.9 Å². The van der Waals surface area contributed by atoms with Crippen molar-refractivity contribution in [1.29, 1.82) is 0 Å². The van der Waals surface area contributed by atoms with Gasteiger partial charge < -0.3 is 20.3 Å². The highest BCUT2D eigenvalue weighted by molar-refractivity contribution is 5.89. The fraction of sp³-hybridized carbons (Fsp3) is 0.176. The minimum absolute atomic E-state index is 0.267. The zero-order chi connectivity index (χ0) is 17.8. The molecule has 0 saturated carbocycles. The van der Waals surface area contributed by atoms with Crippen molar-refractivity contribution >= 4 is 11.7 Å². The van der Waals surface area contributed by atoms with E-state index in [1.165, 1.54) is 18.2 Å². The Labute approximate surface area is 143 Å². The highest BCUT2D eigenvalue weighted by atomic mass is 19.1. The second kappa shape index (κ2) is 7.18. The number of aliphatic hydroxyl groups is 1. The fourth-order valence-corrected chi connectivity index (χ4v) is 2.46. The molecule has 130 valence electrons. The Bertz CT molecular complexity index is 860. The van der Waals surface area contributed by atoms with Crippen molar-refractivity contribution in [1.82, 2.24) is 19.7 Å². The van der Waals surface area contributed by atoms with Crippen LogP contribution >= 0.6 is 0 Å². The Morgan fingerprint density at radius 1 is 1.36 bits per heavy atom. The molecule has 3 N–H and O–H groups in total. The minimum atomic E-state index is -0.585. The summed E-state index contributed by atoms with van der Waals surface area (Å²) in [4.78, 5) is 12.2. The number of carbonyl (C=O) groups is 1. The average molecular weight is 343 g/mol. The molecule has 2 aromatic heterocycles. The van der Waals surface area contributed by atoms with Crippen LogP contribution in [0.25, 0.3) is 5.69 Å². The summed E-state index contributed by atoms with van der Waals surface area (Å²) in [5, 5.41) is 18.8. The van der Waals surface area contributed by atoms with Crippen molar-refractivity contribution in [3.8, 4) is 5.69 Å². The molecule has 0 aliphatic heterocycles. The van der Waals surface area contributed by atoms with E-state index in [4.69, 9.17) is 0 Å². The van der Waals surface area contributed by atoms with Crippen LogP contribution in [0.4, 0.5) is 14.9 Å². The third-order valence-corrected chi connectivity index (χ3v) is 3.70. The number of aliphatic hydroxyl groups excluding tert-OH is 1. The smallest absolute Gasteiger partial charge is 0.319 e. The van der Waals surface area contributed by atoms with Gasteiger partial charge in [0, 0.05) is 36.9 Å². The molecule has 0 spiro atoms. The molecule has 1 atom stereocenters. The predicted octanol–water partition coefficient (Wildman–Crippen LogP) is 2.21. The first-order chi connectivity index (χ1) is 12.1. The van der Waals surface area contributed by atoms with E-state index in [0.717, 1.165) is 0 Å². The average Bonchev–Trinajstić information content (AvgIpc) is 3.26. The fourth-order valence-electron chi connectivity index (χ4n) is 2.46. The molecule has 3 aromatic rings. The maximum atomic E-state index is 14.0. The normalized spacial score (nSPS) is 12.0. The molecule has 0 aliphatic rings. The van der Waals surface area contributed by atoms with E-state index in [1.807, 2.05) is 0 Å². The van der Waals surface area contributed by atoms with Gasteiger partial charge in [0.2, 0.25) is 0 Å². The standard InChI is InChI=1S/C17H18FN5O2/c1-22-10-12(9-19-22)15(11-24)21-17(25)20-13-4-5-14(18)16(8-13)23-6-2-3-7-23/h2-10,15,24H,11H2,1H3,(H2,20,21,25)/t15-/m0/s1. The number of urea groups is 1. The van der Waals surface area contributed by atoms with Gasteiger partial charge in [-0.1, -0.05) is 0 Å². The van der Waals surface area contributed by atoms with Crippen LogP contribution in [-0.2, 0) is 7.05 Å². The van der Waals surface area contributed by atoms with Gasteiger partial charge in [-0.05, 0) is 30.3 Å². The summed E-state index contributed by atoms with van der Waals surface area (Å²) in [5.41, 5.74) is 1.45. The number of nitrogens with one attached hydrogen (secondary N) is 2. The van der Waals surface area contributed by atoms with Gasteiger partial charge in [-0.2, -0.15) is 5.10 Å². The van der Waals surface area contributed by atoms with E-state index in [2.05, 4.69) is 15.7 Å². The SMILES string of the molecule is Cn1cc([C@H](CO)NC(=O)Nc2ccc(F)c(-n3cccc3)c2)cn1. The molecule has 0 fully saturated rings. The molecule has 0 radical (unpaired) electrons. The summed E-state index contributed by atoms with van der Waals surface area (Å²) in [5.74, 6) is -0.397. The summed E-state index contributed by atoms with van der Waals surface area (Å²) in [6.07, 6.45) is 6.71. The molecule has 25 heavy (non-hydrogen) atoms. The number of carbonyl (C=O) groups excluding carboxylic acids is 1. The molecule has 8 heteroatoms. The van der Waals surface area contributed by atoms with Crippen molar-refractivity contribution in [3.05, 3.63) is 66.5 Å². The molecular weight excluding hydrogens is 325 g/mol. The predicted molar refractivity (Wildman–Crippen MR) is 90.9 cm³/mol. The van der Waals surface area contributed by atoms with Gasteiger partial charge in [0.05, 0.1) is 24.5 Å². The summed E-state index contributed by atoms with van der Waals surface area (Å²) in [6.45, 7) is -0.267. The van der Waals surface area contributed by atoms with Crippen LogP contribution in [0.2, 0.25) is 0 Å². The van der Waals surface area contributed by atoms with Crippen LogP contribution in [0.3, 0.4) is 0 Å². The van der Waals surface area contributed by atoms with Gasteiger partial charge in [0.15, 0.2) is 0 Å². The number of nitrogens with zero attached hydrogens (tertiary/aromatic N) is 3. The van der Waals surface area contributed by atoms with Gasteiger partial charge >= 0.3 is 6.03 Å². The van der Waals surface area contributed by atoms with Crippen LogP contribution in [0.15, 0.2) is 55.1 Å². The summed E-state index contributed by atoms with van der Waals surface area (Å²) >= 11 is 0. The zero-order valence-electron chi connectivity index (χ0n) is 13.6. The summed E-state index contributed by atoms with van der Waals surface area (Å²) in [6, 6.07) is 6.77. The van der Waals surface area contributed by atoms with Crippen LogP contribution in [0.5, 0.6) is 0 Å². The molecule has 7 nitrogen and oxygen atoms in total. The number of amides is 2. The summed E-state index contributed by atoms with van der Waals surface area (Å²) < 4.78 is 17.2. The molecule has 2 heterocycles. The van der Waals surface area contributed by atoms with Crippen molar-refractivity contribution < 1.29 is 14.3 Å². The minimum Gasteiger partial charge on any atom is -0.394 e. The molecular formula is C17H18FN5O2. The molecule has 0 unspecified atom stereocenters. The first kappa shape index (κ1) is 16.7. The Kier molecular flexibility index (Phi) is 4.80. The summed E-state index contributed by atoms with van der Waals surface area (Å²) in [7, 11) is 1.75. The molecule has 0 aliphatic carbocycles. The highest BCUT2D eigenvalue weighted by Crippen LogP contribution is 2.19. The van der Waals surface area contributed by atoms with Crippen molar-refractivity contribution in [2.45, 2.75) is 6.04 Å². The number of anilines is 1. The number of hydrogen-bond donors (Lipinski definition) is 3. The molecule has 0 bridgehead atoms. The highest BCUT2D eigenvalue weighted by Gasteiger charge is 2.16. The van der Waals surface area contributed by atoms with Crippen LogP contribution in [0, 0.1) is 5.82 Å². The lowest BCUT2D eigenvalue weighted by Crippen LogP contribution is -2.34. The lowest BCUT2D eigenvalue weighted by molar-refractivity contribution is 0.225. The van der Waals surface area contributed by atoms with E-state index in [1.54, 1.807) is 53.2 Å². The number of rotatable bonds is 5. The number of hydrogen-bond acceptors (Lipinski definition) is 3. The lowest BCUT2D eigenvalue weighted by atomic mass is 10.2. The third-order valence-electron chi connectivity index (χ3n) is 3.70. The van der Waals surface area contributed by atoms with Crippen molar-refractivity contribution in [2.75, 3.05) is 11.9 Å². The molecule has 2 amide bonds. The Morgan fingerprint density at radius 3 is 2.76 bits per heavy atom. The molecule has 1 aromatic carbocycles. The van der Waals surface area contributed by atoms with E-state index >= 15 is 0 Å². The van der Waals surface area contributed by atoms with Crippen molar-refractivity contribution in [2.24, 2.45) is 7.05 Å². The third kappa shape index (κ3) is 3.86.